The van der Waals surface area contributed by atoms with Crippen molar-refractivity contribution in [2.24, 2.45) is 0 Å². The van der Waals surface area contributed by atoms with Gasteiger partial charge in [-0.3, -0.25) is 19.7 Å². The Balaban J connectivity index is 1.90. The molecule has 2 atom stereocenters. The number of hydrogen-bond acceptors (Lipinski definition) is 6. The van der Waals surface area contributed by atoms with Gasteiger partial charge in [0.1, 0.15) is 5.25 Å². The minimum absolute atomic E-state index is 0.0283. The average Bonchev–Trinajstić information content (AvgIpc) is 2.63. The van der Waals surface area contributed by atoms with Crippen molar-refractivity contribution in [2.75, 3.05) is 5.32 Å². The van der Waals surface area contributed by atoms with E-state index in [1.54, 1.807) is 43.3 Å². The van der Waals surface area contributed by atoms with Crippen LogP contribution in [-0.2, 0) is 14.3 Å². The number of benzene rings is 2. The second kappa shape index (κ2) is 9.38. The third-order valence-corrected chi connectivity index (χ3v) is 4.91. The van der Waals surface area contributed by atoms with Crippen LogP contribution in [0, 0.1) is 10.1 Å². The molecule has 142 valence electrons. The second-order valence-corrected chi connectivity index (χ2v) is 7.38. The zero-order valence-corrected chi connectivity index (χ0v) is 16.1. The number of anilines is 1. The number of nitrogens with zero attached hydrogens (tertiary/aromatic N) is 1. The predicted molar refractivity (Wildman–Crippen MR) is 104 cm³/mol. The Labute approximate surface area is 165 Å². The quantitative estimate of drug-likeness (QED) is 0.317. The summed E-state index contributed by atoms with van der Waals surface area (Å²) >= 11 is 7.16. The molecule has 1 amide bonds. The van der Waals surface area contributed by atoms with Gasteiger partial charge in [0.05, 0.1) is 15.6 Å². The summed E-state index contributed by atoms with van der Waals surface area (Å²) in [4.78, 5) is 35.2. The molecule has 1 N–H and O–H groups in total. The molecule has 9 heteroatoms. The maximum atomic E-state index is 12.2. The highest BCUT2D eigenvalue weighted by Crippen LogP contribution is 2.26. The van der Waals surface area contributed by atoms with Crippen LogP contribution in [0.3, 0.4) is 0 Å². The first-order valence-electron chi connectivity index (χ1n) is 7.95. The van der Waals surface area contributed by atoms with E-state index in [1.807, 2.05) is 0 Å². The third kappa shape index (κ3) is 5.97. The van der Waals surface area contributed by atoms with Gasteiger partial charge in [0.2, 0.25) is 0 Å². The number of carbonyl (C=O) groups excluding carboxylic acids is 2. The fourth-order valence-electron chi connectivity index (χ4n) is 2.02. The van der Waals surface area contributed by atoms with E-state index in [0.717, 1.165) is 0 Å². The maximum absolute atomic E-state index is 12.2. The Morgan fingerprint density at radius 3 is 2.37 bits per heavy atom. The number of nitrogens with one attached hydrogen (secondary N) is 1. The summed E-state index contributed by atoms with van der Waals surface area (Å²) in [6, 6.07) is 12.6. The topological polar surface area (TPSA) is 98.5 Å². The van der Waals surface area contributed by atoms with Gasteiger partial charge in [0, 0.05) is 17.0 Å². The van der Waals surface area contributed by atoms with Gasteiger partial charge >= 0.3 is 5.97 Å². The lowest BCUT2D eigenvalue weighted by atomic mass is 10.3. The Bertz CT molecular complexity index is 844. The van der Waals surface area contributed by atoms with Gasteiger partial charge in [-0.15, -0.1) is 11.8 Å². The summed E-state index contributed by atoms with van der Waals surface area (Å²) < 4.78 is 5.20. The first-order valence-corrected chi connectivity index (χ1v) is 9.20. The summed E-state index contributed by atoms with van der Waals surface area (Å²) in [5.41, 5.74) is 0.403. The van der Waals surface area contributed by atoms with Crippen molar-refractivity contribution in [3.05, 3.63) is 63.7 Å². The molecule has 2 aromatic rings. The molecule has 0 aromatic heterocycles. The molecule has 0 unspecified atom stereocenters. The highest BCUT2D eigenvalue weighted by Gasteiger charge is 2.23. The molecule has 0 saturated heterocycles. The largest absolute Gasteiger partial charge is 0.452 e. The maximum Gasteiger partial charge on any atom is 0.319 e. The molecule has 2 rings (SSSR count). The van der Waals surface area contributed by atoms with Crippen LogP contribution in [0.1, 0.15) is 13.8 Å². The number of carbonyl (C=O) groups is 2. The zero-order chi connectivity index (χ0) is 20.0. The first-order chi connectivity index (χ1) is 12.8. The molecule has 7 nitrogen and oxygen atoms in total. The van der Waals surface area contributed by atoms with Crippen LogP contribution >= 0.6 is 23.4 Å². The summed E-state index contributed by atoms with van der Waals surface area (Å²) in [5, 5.41) is 13.0. The Morgan fingerprint density at radius 1 is 1.15 bits per heavy atom. The third-order valence-electron chi connectivity index (χ3n) is 3.49. The Kier molecular flexibility index (Phi) is 7.20. The van der Waals surface area contributed by atoms with Crippen molar-refractivity contribution in [2.45, 2.75) is 30.1 Å². The molecule has 0 saturated carbocycles. The van der Waals surface area contributed by atoms with E-state index < -0.39 is 28.2 Å². The zero-order valence-electron chi connectivity index (χ0n) is 14.5. The van der Waals surface area contributed by atoms with E-state index in [1.165, 1.54) is 30.8 Å². The number of para-hydroxylation sites is 1. The molecule has 2 aromatic carbocycles. The van der Waals surface area contributed by atoms with Crippen LogP contribution in [0.2, 0.25) is 5.02 Å². The van der Waals surface area contributed by atoms with Gasteiger partial charge in [0.25, 0.3) is 11.6 Å². The lowest BCUT2D eigenvalue weighted by Gasteiger charge is -2.17. The molecule has 0 aliphatic heterocycles. The number of nitro benzene ring substituents is 1. The van der Waals surface area contributed by atoms with E-state index in [-0.39, 0.29) is 5.69 Å². The van der Waals surface area contributed by atoms with E-state index in [2.05, 4.69) is 5.32 Å². The molecular weight excluding hydrogens is 392 g/mol. The fourth-order valence-corrected chi connectivity index (χ4v) is 3.06. The van der Waals surface area contributed by atoms with Crippen molar-refractivity contribution in [3.8, 4) is 0 Å². The number of non-ortho nitro benzene ring substituents is 1. The number of halogens is 1. The van der Waals surface area contributed by atoms with Gasteiger partial charge in [-0.25, -0.2) is 0 Å². The SMILES string of the molecule is C[C@@H](OC(=O)[C@@H](C)Sc1ccc([N+](=O)[O-])cc1)C(=O)Nc1ccccc1Cl. The summed E-state index contributed by atoms with van der Waals surface area (Å²) in [6.07, 6.45) is -1.01. The number of ether oxygens (including phenoxy) is 1. The molecule has 27 heavy (non-hydrogen) atoms. The van der Waals surface area contributed by atoms with Gasteiger partial charge < -0.3 is 10.1 Å². The lowest BCUT2D eigenvalue weighted by Crippen LogP contribution is -2.32. The van der Waals surface area contributed by atoms with Crippen LogP contribution in [0.5, 0.6) is 0 Å². The van der Waals surface area contributed by atoms with Gasteiger partial charge in [-0.05, 0) is 38.1 Å². The minimum Gasteiger partial charge on any atom is -0.452 e. The monoisotopic (exact) mass is 408 g/mol. The van der Waals surface area contributed by atoms with Crippen molar-refractivity contribution in [3.63, 3.8) is 0 Å². The molecule has 0 fully saturated rings. The summed E-state index contributed by atoms with van der Waals surface area (Å²) in [7, 11) is 0. The molecular formula is C18H17ClN2O5S. The van der Waals surface area contributed by atoms with Crippen LogP contribution in [0.25, 0.3) is 0 Å². The number of rotatable bonds is 7. The van der Waals surface area contributed by atoms with Gasteiger partial charge in [0.15, 0.2) is 6.10 Å². The normalized spacial score (nSPS) is 12.7. The molecule has 0 heterocycles. The average molecular weight is 409 g/mol. The minimum atomic E-state index is -1.01. The van der Waals surface area contributed by atoms with E-state index >= 15 is 0 Å². The van der Waals surface area contributed by atoms with Crippen LogP contribution < -0.4 is 5.32 Å². The summed E-state index contributed by atoms with van der Waals surface area (Å²) in [6.45, 7) is 3.10. The summed E-state index contributed by atoms with van der Waals surface area (Å²) in [5.74, 6) is -1.07. The first kappa shape index (κ1) is 20.7. The van der Waals surface area contributed by atoms with E-state index in [4.69, 9.17) is 16.3 Å². The molecule has 0 bridgehead atoms. The number of nitro groups is 1. The number of hydrogen-bond donors (Lipinski definition) is 1. The Morgan fingerprint density at radius 2 is 1.78 bits per heavy atom. The Hall–Kier alpha value is -2.58. The molecule has 0 aliphatic rings. The van der Waals surface area contributed by atoms with E-state index in [9.17, 15) is 19.7 Å². The van der Waals surface area contributed by atoms with Crippen molar-refractivity contribution in [1.29, 1.82) is 0 Å². The number of esters is 1. The van der Waals surface area contributed by atoms with Gasteiger partial charge in [-0.1, -0.05) is 23.7 Å². The predicted octanol–water partition coefficient (Wildman–Crippen LogP) is 4.30. The van der Waals surface area contributed by atoms with Crippen LogP contribution in [0.4, 0.5) is 11.4 Å². The van der Waals surface area contributed by atoms with Crippen molar-refractivity contribution < 1.29 is 19.2 Å². The van der Waals surface area contributed by atoms with E-state index in [0.29, 0.717) is 15.6 Å². The smallest absolute Gasteiger partial charge is 0.319 e. The van der Waals surface area contributed by atoms with Crippen LogP contribution in [-0.4, -0.2) is 28.2 Å². The van der Waals surface area contributed by atoms with Crippen molar-refractivity contribution in [1.82, 2.24) is 0 Å². The fraction of sp³-hybridized carbons (Fsp3) is 0.222. The molecule has 0 spiro atoms. The number of thioether (sulfide) groups is 1. The second-order valence-electron chi connectivity index (χ2n) is 5.56. The lowest BCUT2D eigenvalue weighted by molar-refractivity contribution is -0.384. The highest BCUT2D eigenvalue weighted by atomic mass is 35.5. The molecule has 0 aliphatic carbocycles. The van der Waals surface area contributed by atoms with Crippen molar-refractivity contribution >= 4 is 46.6 Å². The highest BCUT2D eigenvalue weighted by molar-refractivity contribution is 8.00. The number of amides is 1. The van der Waals surface area contributed by atoms with Gasteiger partial charge in [-0.2, -0.15) is 0 Å². The molecule has 0 radical (unpaired) electrons. The van der Waals surface area contributed by atoms with Crippen LogP contribution in [0.15, 0.2) is 53.4 Å². The standard InChI is InChI=1S/C18H17ClN2O5S/c1-11(17(22)20-16-6-4-3-5-15(16)19)26-18(23)12(2)27-14-9-7-13(8-10-14)21(24)25/h3-12H,1-2H3,(H,20,22)/t11-,12-/m1/s1.